The molecule has 1 saturated heterocycles. The summed E-state index contributed by atoms with van der Waals surface area (Å²) in [5.41, 5.74) is 0.136. The van der Waals surface area contributed by atoms with Crippen molar-refractivity contribution in [3.05, 3.63) is 32.6 Å². The molecular weight excluding hydrogens is 280 g/mol. The van der Waals surface area contributed by atoms with Gasteiger partial charge in [-0.2, -0.15) is 0 Å². The van der Waals surface area contributed by atoms with Gasteiger partial charge in [-0.1, -0.05) is 13.8 Å². The molecule has 1 aromatic rings. The van der Waals surface area contributed by atoms with Gasteiger partial charge in [0.15, 0.2) is 0 Å². The highest BCUT2D eigenvalue weighted by atomic mass is 16.2. The van der Waals surface area contributed by atoms with Crippen LogP contribution >= 0.6 is 0 Å². The normalized spacial score (nSPS) is 17.3. The lowest BCUT2D eigenvalue weighted by Crippen LogP contribution is -2.45. The predicted octanol–water partition coefficient (Wildman–Crippen LogP) is 0.294. The van der Waals surface area contributed by atoms with Crippen molar-refractivity contribution in [1.29, 1.82) is 0 Å². The van der Waals surface area contributed by atoms with E-state index in [1.165, 1.54) is 37.5 Å². The smallest absolute Gasteiger partial charge is 0.311 e. The summed E-state index contributed by atoms with van der Waals surface area (Å²) in [6, 6.07) is 0.499. The zero-order chi connectivity index (χ0) is 16.3. The van der Waals surface area contributed by atoms with Gasteiger partial charge in [-0.15, -0.1) is 0 Å². The van der Waals surface area contributed by atoms with E-state index in [0.717, 1.165) is 11.1 Å². The van der Waals surface area contributed by atoms with Crippen LogP contribution in [0.1, 0.15) is 32.3 Å². The first kappa shape index (κ1) is 17.0. The Balaban J connectivity index is 2.01. The Morgan fingerprint density at radius 3 is 2.41 bits per heavy atom. The molecule has 1 aliphatic rings. The van der Waals surface area contributed by atoms with Crippen LogP contribution in [-0.4, -0.2) is 39.7 Å². The van der Waals surface area contributed by atoms with E-state index < -0.39 is 0 Å². The topological polar surface area (TPSA) is 59.3 Å². The van der Waals surface area contributed by atoms with E-state index >= 15 is 0 Å². The van der Waals surface area contributed by atoms with Crippen molar-refractivity contribution in [3.63, 3.8) is 0 Å². The molecule has 0 amide bonds. The Bertz CT molecular complexity index is 612. The van der Waals surface area contributed by atoms with Crippen LogP contribution in [0.4, 0.5) is 0 Å². The lowest BCUT2D eigenvalue weighted by molar-refractivity contribution is 0.186. The van der Waals surface area contributed by atoms with E-state index in [1.54, 1.807) is 13.2 Å². The van der Waals surface area contributed by atoms with Gasteiger partial charge < -0.3 is 9.88 Å². The van der Waals surface area contributed by atoms with Gasteiger partial charge in [-0.05, 0) is 31.8 Å². The molecule has 124 valence electrons. The van der Waals surface area contributed by atoms with Gasteiger partial charge in [0.05, 0.1) is 0 Å². The van der Waals surface area contributed by atoms with E-state index in [0.29, 0.717) is 24.1 Å². The fourth-order valence-electron chi connectivity index (χ4n) is 3.22. The van der Waals surface area contributed by atoms with E-state index in [-0.39, 0.29) is 11.2 Å². The molecule has 0 saturated carbocycles. The molecule has 1 aromatic heterocycles. The number of likely N-dealkylation sites (tertiary alicyclic amines) is 1. The molecule has 1 N–H and O–H groups in total. The van der Waals surface area contributed by atoms with E-state index in [1.807, 2.05) is 0 Å². The van der Waals surface area contributed by atoms with Crippen molar-refractivity contribution in [3.8, 4) is 0 Å². The van der Waals surface area contributed by atoms with Crippen molar-refractivity contribution >= 4 is 0 Å². The summed E-state index contributed by atoms with van der Waals surface area (Å²) in [6.07, 6.45) is 4.20. The van der Waals surface area contributed by atoms with Crippen molar-refractivity contribution < 1.29 is 0 Å². The monoisotopic (exact) mass is 308 g/mol. The molecule has 0 spiro atoms. The molecule has 6 heteroatoms. The van der Waals surface area contributed by atoms with Crippen LogP contribution < -0.4 is 16.6 Å². The van der Waals surface area contributed by atoms with Crippen LogP contribution in [0.25, 0.3) is 0 Å². The number of hydrogen-bond acceptors (Lipinski definition) is 4. The van der Waals surface area contributed by atoms with E-state index in [2.05, 4.69) is 24.1 Å². The highest BCUT2D eigenvalue weighted by Gasteiger charge is 2.24. The van der Waals surface area contributed by atoms with Gasteiger partial charge in [-0.3, -0.25) is 14.3 Å². The molecule has 0 radical (unpaired) electrons. The van der Waals surface area contributed by atoms with Crippen molar-refractivity contribution in [2.24, 2.45) is 20.0 Å². The first-order chi connectivity index (χ1) is 10.4. The zero-order valence-electron chi connectivity index (χ0n) is 14.1. The minimum atomic E-state index is -0.286. The minimum Gasteiger partial charge on any atom is -0.311 e. The summed E-state index contributed by atoms with van der Waals surface area (Å²) in [4.78, 5) is 26.3. The Morgan fingerprint density at radius 1 is 1.18 bits per heavy atom. The van der Waals surface area contributed by atoms with Gasteiger partial charge >= 0.3 is 5.69 Å². The Labute approximate surface area is 131 Å². The molecule has 1 aliphatic heterocycles. The zero-order valence-corrected chi connectivity index (χ0v) is 14.1. The number of hydrogen-bond donors (Lipinski definition) is 1. The Morgan fingerprint density at radius 2 is 1.82 bits per heavy atom. The second-order valence-corrected chi connectivity index (χ2v) is 6.60. The molecule has 0 bridgehead atoms. The number of nitrogens with one attached hydrogen (secondary N) is 1. The maximum atomic E-state index is 12.1. The molecule has 0 aromatic carbocycles. The van der Waals surface area contributed by atoms with Gasteiger partial charge in [0.25, 0.3) is 5.56 Å². The van der Waals surface area contributed by atoms with Crippen molar-refractivity contribution in [2.75, 3.05) is 19.6 Å². The van der Waals surface area contributed by atoms with Gasteiger partial charge in [0.2, 0.25) is 0 Å². The number of aryl methyl sites for hydroxylation is 1. The summed E-state index contributed by atoms with van der Waals surface area (Å²) in [7, 11) is 3.20. The second-order valence-electron chi connectivity index (χ2n) is 6.60. The molecule has 1 fully saturated rings. The SMILES string of the molecule is CC(C)C(CNCc1cn(C)c(=O)n(C)c1=O)N1CCCC1. The molecule has 2 rings (SSSR count). The first-order valence-corrected chi connectivity index (χ1v) is 8.12. The summed E-state index contributed by atoms with van der Waals surface area (Å²) in [6.45, 7) is 8.20. The quantitative estimate of drug-likeness (QED) is 0.821. The highest BCUT2D eigenvalue weighted by molar-refractivity contribution is 5.05. The summed E-state index contributed by atoms with van der Waals surface area (Å²) < 4.78 is 2.62. The molecular formula is C16H28N4O2. The lowest BCUT2D eigenvalue weighted by atomic mass is 10.0. The summed E-state index contributed by atoms with van der Waals surface area (Å²) in [5, 5.41) is 3.40. The van der Waals surface area contributed by atoms with Crippen LogP contribution in [0.3, 0.4) is 0 Å². The van der Waals surface area contributed by atoms with Gasteiger partial charge in [-0.25, -0.2) is 4.79 Å². The average molecular weight is 308 g/mol. The number of aromatic nitrogens is 2. The predicted molar refractivity (Wildman–Crippen MR) is 88.1 cm³/mol. The third kappa shape index (κ3) is 3.67. The van der Waals surface area contributed by atoms with E-state index in [9.17, 15) is 9.59 Å². The lowest BCUT2D eigenvalue weighted by Gasteiger charge is -2.31. The maximum Gasteiger partial charge on any atom is 0.330 e. The molecule has 1 atom stereocenters. The van der Waals surface area contributed by atoms with Crippen LogP contribution in [0, 0.1) is 5.92 Å². The average Bonchev–Trinajstić information content (AvgIpc) is 2.99. The van der Waals surface area contributed by atoms with Crippen LogP contribution in [-0.2, 0) is 20.6 Å². The van der Waals surface area contributed by atoms with Gasteiger partial charge in [0, 0.05) is 45.0 Å². The van der Waals surface area contributed by atoms with Crippen LogP contribution in [0.2, 0.25) is 0 Å². The minimum absolute atomic E-state index is 0.210. The fourth-order valence-corrected chi connectivity index (χ4v) is 3.22. The fraction of sp³-hybridized carbons (Fsp3) is 0.750. The second kappa shape index (κ2) is 7.24. The molecule has 2 heterocycles. The van der Waals surface area contributed by atoms with Crippen molar-refractivity contribution in [2.45, 2.75) is 39.3 Å². The molecule has 1 unspecified atom stereocenters. The molecule has 22 heavy (non-hydrogen) atoms. The molecule has 6 nitrogen and oxygen atoms in total. The van der Waals surface area contributed by atoms with E-state index in [4.69, 9.17) is 0 Å². The van der Waals surface area contributed by atoms with Crippen LogP contribution in [0.15, 0.2) is 15.8 Å². The van der Waals surface area contributed by atoms with Crippen LogP contribution in [0.5, 0.6) is 0 Å². The maximum absolute atomic E-state index is 12.1. The molecule has 0 aliphatic carbocycles. The number of rotatable bonds is 6. The Kier molecular flexibility index (Phi) is 5.58. The number of nitrogens with zero attached hydrogens (tertiary/aromatic N) is 3. The third-order valence-electron chi connectivity index (χ3n) is 4.57. The first-order valence-electron chi connectivity index (χ1n) is 8.12. The summed E-state index contributed by atoms with van der Waals surface area (Å²) >= 11 is 0. The largest absolute Gasteiger partial charge is 0.330 e. The summed E-state index contributed by atoms with van der Waals surface area (Å²) in [5.74, 6) is 0.577. The highest BCUT2D eigenvalue weighted by Crippen LogP contribution is 2.17. The van der Waals surface area contributed by atoms with Crippen molar-refractivity contribution in [1.82, 2.24) is 19.4 Å². The standard InChI is InChI=1S/C16H28N4O2/c1-12(2)14(20-7-5-6-8-20)10-17-9-13-11-18(3)16(22)19(4)15(13)21/h11-12,14,17H,5-10H2,1-4H3. The third-order valence-corrected chi connectivity index (χ3v) is 4.57. The Hall–Kier alpha value is -1.40. The van der Waals surface area contributed by atoms with Gasteiger partial charge in [0.1, 0.15) is 0 Å².